The summed E-state index contributed by atoms with van der Waals surface area (Å²) in [5, 5.41) is 3.29. The van der Waals surface area contributed by atoms with Gasteiger partial charge in [0.15, 0.2) is 0 Å². The van der Waals surface area contributed by atoms with E-state index in [0.29, 0.717) is 0 Å². The molecule has 0 saturated heterocycles. The fourth-order valence-electron chi connectivity index (χ4n) is 1.49. The van der Waals surface area contributed by atoms with E-state index in [-0.39, 0.29) is 0 Å². The van der Waals surface area contributed by atoms with Gasteiger partial charge < -0.3 is 0 Å². The van der Waals surface area contributed by atoms with Crippen LogP contribution in [0.1, 0.15) is 12.5 Å². The second-order valence-corrected chi connectivity index (χ2v) is 3.62. The predicted molar refractivity (Wildman–Crippen MR) is 58.3 cm³/mol. The third-order valence-electron chi connectivity index (χ3n) is 2.27. The number of benzene rings is 2. The lowest BCUT2D eigenvalue weighted by Gasteiger charge is -2.01. The molecule has 2 aromatic rings. The SMILES string of the molecule is CCc1ccc2ccc(Cl)cc2c1. The first kappa shape index (κ1) is 8.58. The van der Waals surface area contributed by atoms with E-state index in [0.717, 1.165) is 11.4 Å². The molecule has 66 valence electrons. The maximum Gasteiger partial charge on any atom is 0.0412 e. The lowest BCUT2D eigenvalue weighted by molar-refractivity contribution is 1.15. The molecule has 0 radical (unpaired) electrons. The van der Waals surface area contributed by atoms with Gasteiger partial charge in [0.25, 0.3) is 0 Å². The average molecular weight is 191 g/mol. The molecular formula is C12H11Cl. The third-order valence-corrected chi connectivity index (χ3v) is 2.51. The van der Waals surface area contributed by atoms with Crippen LogP contribution in [0.25, 0.3) is 10.8 Å². The molecule has 2 aromatic carbocycles. The Morgan fingerprint density at radius 2 is 1.77 bits per heavy atom. The fraction of sp³-hybridized carbons (Fsp3) is 0.167. The summed E-state index contributed by atoms with van der Waals surface area (Å²) in [7, 11) is 0. The van der Waals surface area contributed by atoms with E-state index >= 15 is 0 Å². The molecule has 0 saturated carbocycles. The summed E-state index contributed by atoms with van der Waals surface area (Å²) in [6.45, 7) is 2.16. The molecule has 0 atom stereocenters. The minimum Gasteiger partial charge on any atom is -0.0843 e. The molecular weight excluding hydrogens is 180 g/mol. The molecule has 1 heteroatoms. The molecule has 0 aliphatic rings. The topological polar surface area (TPSA) is 0 Å². The molecule has 0 heterocycles. The van der Waals surface area contributed by atoms with Crippen LogP contribution in [0.15, 0.2) is 36.4 Å². The zero-order chi connectivity index (χ0) is 9.26. The number of halogens is 1. The summed E-state index contributed by atoms with van der Waals surface area (Å²) in [6, 6.07) is 12.5. The lowest BCUT2D eigenvalue weighted by atomic mass is 10.1. The number of rotatable bonds is 1. The van der Waals surface area contributed by atoms with Crippen molar-refractivity contribution in [2.45, 2.75) is 13.3 Å². The highest BCUT2D eigenvalue weighted by atomic mass is 35.5. The van der Waals surface area contributed by atoms with Gasteiger partial charge in [-0.2, -0.15) is 0 Å². The average Bonchev–Trinajstić information content (AvgIpc) is 2.16. The van der Waals surface area contributed by atoms with Crippen molar-refractivity contribution in [2.24, 2.45) is 0 Å². The molecule has 2 rings (SSSR count). The van der Waals surface area contributed by atoms with Gasteiger partial charge in [0, 0.05) is 5.02 Å². The van der Waals surface area contributed by atoms with Gasteiger partial charge in [-0.05, 0) is 34.9 Å². The predicted octanol–water partition coefficient (Wildman–Crippen LogP) is 4.06. The molecule has 0 nitrogen and oxygen atoms in total. The highest BCUT2D eigenvalue weighted by Crippen LogP contribution is 2.20. The minimum atomic E-state index is 0.806. The van der Waals surface area contributed by atoms with E-state index < -0.39 is 0 Å². The maximum absolute atomic E-state index is 5.91. The molecule has 0 aromatic heterocycles. The van der Waals surface area contributed by atoms with E-state index in [1.54, 1.807) is 0 Å². The van der Waals surface area contributed by atoms with Crippen LogP contribution in [0.2, 0.25) is 5.02 Å². The number of hydrogen-bond acceptors (Lipinski definition) is 0. The van der Waals surface area contributed by atoms with Crippen LogP contribution in [0.4, 0.5) is 0 Å². The van der Waals surface area contributed by atoms with E-state index in [1.807, 2.05) is 12.1 Å². The highest BCUT2D eigenvalue weighted by molar-refractivity contribution is 6.31. The van der Waals surface area contributed by atoms with Crippen LogP contribution < -0.4 is 0 Å². The molecule has 0 amide bonds. The van der Waals surface area contributed by atoms with Crippen LogP contribution >= 0.6 is 11.6 Å². The molecule has 0 fully saturated rings. The quantitative estimate of drug-likeness (QED) is 0.637. The van der Waals surface area contributed by atoms with Gasteiger partial charge in [0.1, 0.15) is 0 Å². The van der Waals surface area contributed by atoms with Gasteiger partial charge in [-0.1, -0.05) is 42.8 Å². The monoisotopic (exact) mass is 190 g/mol. The zero-order valence-corrected chi connectivity index (χ0v) is 8.31. The van der Waals surface area contributed by atoms with E-state index in [1.165, 1.54) is 16.3 Å². The summed E-state index contributed by atoms with van der Waals surface area (Å²) >= 11 is 5.91. The molecule has 0 bridgehead atoms. The first-order valence-electron chi connectivity index (χ1n) is 4.48. The van der Waals surface area contributed by atoms with E-state index in [2.05, 4.69) is 31.2 Å². The van der Waals surface area contributed by atoms with Crippen LogP contribution in [-0.2, 0) is 6.42 Å². The Bertz CT molecular complexity index is 432. The molecule has 13 heavy (non-hydrogen) atoms. The van der Waals surface area contributed by atoms with Gasteiger partial charge in [0.05, 0.1) is 0 Å². The summed E-state index contributed by atoms with van der Waals surface area (Å²) in [5.41, 5.74) is 1.36. The zero-order valence-electron chi connectivity index (χ0n) is 7.55. The first-order chi connectivity index (χ1) is 6.29. The Morgan fingerprint density at radius 3 is 2.54 bits per heavy atom. The van der Waals surface area contributed by atoms with Crippen LogP contribution in [0.5, 0.6) is 0 Å². The minimum absolute atomic E-state index is 0.806. The van der Waals surface area contributed by atoms with Crippen molar-refractivity contribution in [3.05, 3.63) is 47.0 Å². The number of hydrogen-bond donors (Lipinski definition) is 0. The van der Waals surface area contributed by atoms with Crippen molar-refractivity contribution < 1.29 is 0 Å². The Labute approximate surface area is 83.1 Å². The van der Waals surface area contributed by atoms with Gasteiger partial charge in [-0.25, -0.2) is 0 Å². The van der Waals surface area contributed by atoms with Crippen molar-refractivity contribution in [3.8, 4) is 0 Å². The standard InChI is InChI=1S/C12H11Cl/c1-2-9-3-4-10-5-6-12(13)8-11(10)7-9/h3-8H,2H2,1H3. The Balaban J connectivity index is 2.68. The summed E-state index contributed by atoms with van der Waals surface area (Å²) < 4.78 is 0. The highest BCUT2D eigenvalue weighted by Gasteiger charge is 1.95. The molecule has 0 spiro atoms. The summed E-state index contributed by atoms with van der Waals surface area (Å²) in [6.07, 6.45) is 1.07. The Morgan fingerprint density at radius 1 is 1.00 bits per heavy atom. The number of aryl methyl sites for hydroxylation is 1. The van der Waals surface area contributed by atoms with Crippen LogP contribution in [0, 0.1) is 0 Å². The van der Waals surface area contributed by atoms with E-state index in [4.69, 9.17) is 11.6 Å². The van der Waals surface area contributed by atoms with E-state index in [9.17, 15) is 0 Å². The largest absolute Gasteiger partial charge is 0.0843 e. The van der Waals surface area contributed by atoms with Crippen LogP contribution in [-0.4, -0.2) is 0 Å². The van der Waals surface area contributed by atoms with Crippen LogP contribution in [0.3, 0.4) is 0 Å². The number of fused-ring (bicyclic) bond motifs is 1. The fourth-order valence-corrected chi connectivity index (χ4v) is 1.67. The molecule has 0 unspecified atom stereocenters. The summed E-state index contributed by atoms with van der Waals surface area (Å²) in [4.78, 5) is 0. The van der Waals surface area contributed by atoms with Gasteiger partial charge in [0.2, 0.25) is 0 Å². The van der Waals surface area contributed by atoms with Crippen molar-refractivity contribution in [1.29, 1.82) is 0 Å². The molecule has 0 aliphatic heterocycles. The molecule has 0 aliphatic carbocycles. The van der Waals surface area contributed by atoms with Gasteiger partial charge >= 0.3 is 0 Å². The smallest absolute Gasteiger partial charge is 0.0412 e. The van der Waals surface area contributed by atoms with Crippen molar-refractivity contribution in [1.82, 2.24) is 0 Å². The van der Waals surface area contributed by atoms with Crippen molar-refractivity contribution in [3.63, 3.8) is 0 Å². The Hall–Kier alpha value is -1.01. The molecule has 0 N–H and O–H groups in total. The second kappa shape index (κ2) is 3.39. The van der Waals surface area contributed by atoms with Crippen molar-refractivity contribution in [2.75, 3.05) is 0 Å². The second-order valence-electron chi connectivity index (χ2n) is 3.18. The van der Waals surface area contributed by atoms with Gasteiger partial charge in [-0.15, -0.1) is 0 Å². The first-order valence-corrected chi connectivity index (χ1v) is 4.85. The van der Waals surface area contributed by atoms with Crippen molar-refractivity contribution >= 4 is 22.4 Å². The Kier molecular flexibility index (Phi) is 2.24. The normalized spacial score (nSPS) is 10.6. The van der Waals surface area contributed by atoms with Gasteiger partial charge in [-0.3, -0.25) is 0 Å². The third kappa shape index (κ3) is 1.68. The lowest BCUT2D eigenvalue weighted by Crippen LogP contribution is -1.79. The maximum atomic E-state index is 5.91. The summed E-state index contributed by atoms with van der Waals surface area (Å²) in [5.74, 6) is 0.